The van der Waals surface area contributed by atoms with E-state index >= 15 is 8.78 Å². The number of aliphatic imine (C=N–C) groups is 1. The highest BCUT2D eigenvalue weighted by Crippen LogP contribution is 2.47. The predicted octanol–water partition coefficient (Wildman–Crippen LogP) is 5.38. The quantitative estimate of drug-likeness (QED) is 0.280. The van der Waals surface area contributed by atoms with Crippen molar-refractivity contribution in [3.05, 3.63) is 52.6 Å². The van der Waals surface area contributed by atoms with Crippen molar-refractivity contribution in [3.63, 3.8) is 0 Å². The molecule has 4 heterocycles. The van der Waals surface area contributed by atoms with Gasteiger partial charge in [-0.3, -0.25) is 4.99 Å². The highest BCUT2D eigenvalue weighted by atomic mass is 35.5. The lowest BCUT2D eigenvalue weighted by atomic mass is 9.96. The van der Waals surface area contributed by atoms with Crippen LogP contribution in [-0.4, -0.2) is 85.2 Å². The first-order valence-corrected chi connectivity index (χ1v) is 15.1. The number of ether oxygens (including phenoxy) is 2. The van der Waals surface area contributed by atoms with Gasteiger partial charge in [-0.05, 0) is 27.1 Å². The highest BCUT2D eigenvalue weighted by Gasteiger charge is 2.34. The maximum atomic E-state index is 16.9. The van der Waals surface area contributed by atoms with E-state index < -0.39 is 29.1 Å². The van der Waals surface area contributed by atoms with Crippen molar-refractivity contribution < 1.29 is 22.6 Å². The van der Waals surface area contributed by atoms with Crippen LogP contribution in [0.15, 0.2) is 29.5 Å². The number of aromatic nitrogens is 2. The zero-order valence-corrected chi connectivity index (χ0v) is 26.3. The number of halogens is 4. The molecule has 2 aliphatic rings. The lowest BCUT2D eigenvalue weighted by Gasteiger charge is -2.36. The summed E-state index contributed by atoms with van der Waals surface area (Å²) in [6.45, 7) is 3.17. The smallest absolute Gasteiger partial charge is 0.319 e. The molecule has 0 aliphatic carbocycles. The number of anilines is 2. The lowest BCUT2D eigenvalue weighted by Crippen LogP contribution is -2.44. The summed E-state index contributed by atoms with van der Waals surface area (Å²) in [6, 6.07) is 3.72. The molecule has 1 fully saturated rings. The van der Waals surface area contributed by atoms with Crippen molar-refractivity contribution in [2.75, 3.05) is 51.5 Å². The summed E-state index contributed by atoms with van der Waals surface area (Å²) < 4.78 is 59.1. The van der Waals surface area contributed by atoms with Crippen LogP contribution < -0.4 is 15.4 Å². The van der Waals surface area contributed by atoms with Crippen LogP contribution in [0.25, 0.3) is 32.1 Å². The topological polar surface area (TPSA) is 116 Å². The molecule has 4 aromatic rings. The summed E-state index contributed by atoms with van der Waals surface area (Å²) in [5, 5.41) is 9.64. The zero-order chi connectivity index (χ0) is 32.2. The number of nitriles is 1. The third-order valence-electron chi connectivity index (χ3n) is 8.14. The Labute approximate surface area is 265 Å². The fourth-order valence-electron chi connectivity index (χ4n) is 5.61. The van der Waals surface area contributed by atoms with Crippen molar-refractivity contribution >= 4 is 61.0 Å². The van der Waals surface area contributed by atoms with Crippen LogP contribution in [0.1, 0.15) is 12.5 Å². The van der Waals surface area contributed by atoms with E-state index in [1.165, 1.54) is 6.07 Å². The van der Waals surface area contributed by atoms with Crippen molar-refractivity contribution in [1.29, 1.82) is 5.26 Å². The number of nitrogens with two attached hydrogens (primary N) is 1. The molecule has 3 atom stereocenters. The molecule has 0 bridgehead atoms. The number of hydrogen-bond donors (Lipinski definition) is 1. The van der Waals surface area contributed by atoms with E-state index in [1.807, 2.05) is 48.0 Å². The van der Waals surface area contributed by atoms with Gasteiger partial charge in [0.1, 0.15) is 40.1 Å². The van der Waals surface area contributed by atoms with Crippen LogP contribution in [0.2, 0.25) is 5.02 Å². The van der Waals surface area contributed by atoms with Gasteiger partial charge in [0, 0.05) is 53.6 Å². The van der Waals surface area contributed by atoms with Gasteiger partial charge in [0.15, 0.2) is 5.82 Å². The van der Waals surface area contributed by atoms with Crippen LogP contribution in [0.4, 0.5) is 24.0 Å². The second-order valence-electron chi connectivity index (χ2n) is 10.9. The monoisotopic (exact) mass is 656 g/mol. The molecule has 0 spiro atoms. The predicted molar refractivity (Wildman–Crippen MR) is 169 cm³/mol. The van der Waals surface area contributed by atoms with Gasteiger partial charge in [-0.2, -0.15) is 15.2 Å². The van der Waals surface area contributed by atoms with Gasteiger partial charge in [0.2, 0.25) is 0 Å². The van der Waals surface area contributed by atoms with Crippen LogP contribution in [0.3, 0.4) is 0 Å². The number of thiophene rings is 1. The Morgan fingerprint density at radius 3 is 2.64 bits per heavy atom. The summed E-state index contributed by atoms with van der Waals surface area (Å²) in [4.78, 5) is 19.0. The van der Waals surface area contributed by atoms with Gasteiger partial charge in [-0.25, -0.2) is 13.2 Å². The Balaban J connectivity index is 1.59. The minimum Gasteiger partial charge on any atom is -0.456 e. The van der Waals surface area contributed by atoms with E-state index in [0.29, 0.717) is 25.0 Å². The van der Waals surface area contributed by atoms with Crippen molar-refractivity contribution in [2.45, 2.75) is 25.2 Å². The first-order valence-electron chi connectivity index (χ1n) is 13.9. The van der Waals surface area contributed by atoms with Gasteiger partial charge < -0.3 is 29.9 Å². The SMILES string of the molecule is C[C@H](N1C=CN=CC1)N(C)c1nc(O[C@@H]2COC[C@H]2N(C)C)nc2c(F)c(-c3c(F)cc(F)c4sc(N)c(C#N)c34)c(Cl)cc12. The van der Waals surface area contributed by atoms with Gasteiger partial charge >= 0.3 is 6.01 Å². The molecular weight excluding hydrogens is 629 g/mol. The molecule has 1 saturated heterocycles. The molecule has 2 aromatic carbocycles. The molecule has 6 rings (SSSR count). The largest absolute Gasteiger partial charge is 0.456 e. The lowest BCUT2D eigenvalue weighted by molar-refractivity contribution is 0.117. The molecule has 2 aromatic heterocycles. The standard InChI is InChI=1S/C30H28ClF3N8O2S/c1-14(42-7-5-37-6-8-42)41(4)29-15-9-17(31)23(24-18(32)10-19(33)27-22(24)16(11-35)28(36)45-27)25(34)26(15)38-30(39-29)44-21-13-43-12-20(21)40(2)3/h5-7,9-10,14,20-21H,8,12-13,36H2,1-4H3/t14-,20+,21+/m0/s1. The first-order chi connectivity index (χ1) is 21.5. The molecule has 2 N–H and O–H groups in total. The van der Waals surface area contributed by atoms with Crippen molar-refractivity contribution in [2.24, 2.45) is 4.99 Å². The summed E-state index contributed by atoms with van der Waals surface area (Å²) in [5.74, 6) is -2.73. The van der Waals surface area contributed by atoms with Crippen LogP contribution >= 0.6 is 22.9 Å². The Morgan fingerprint density at radius 1 is 1.18 bits per heavy atom. The minimum absolute atomic E-state index is 0.0301. The van der Waals surface area contributed by atoms with Crippen molar-refractivity contribution in [3.8, 4) is 23.2 Å². The summed E-state index contributed by atoms with van der Waals surface area (Å²) in [6.07, 6.45) is 4.50. The molecule has 2 aliphatic heterocycles. The number of fused-ring (bicyclic) bond motifs is 2. The molecule has 10 nitrogen and oxygen atoms in total. The molecule has 0 unspecified atom stereocenters. The van der Waals surface area contributed by atoms with Crippen LogP contribution in [0, 0.1) is 28.8 Å². The fraction of sp³-hybridized carbons (Fsp3) is 0.333. The van der Waals surface area contributed by atoms with E-state index in [-0.39, 0.29) is 67.0 Å². The Morgan fingerprint density at radius 2 is 1.96 bits per heavy atom. The van der Waals surface area contributed by atoms with E-state index in [4.69, 9.17) is 31.8 Å². The van der Waals surface area contributed by atoms with E-state index in [1.54, 1.807) is 19.5 Å². The second-order valence-corrected chi connectivity index (χ2v) is 12.4. The summed E-state index contributed by atoms with van der Waals surface area (Å²) in [7, 11) is 5.57. The first kappa shape index (κ1) is 30.8. The summed E-state index contributed by atoms with van der Waals surface area (Å²) >= 11 is 7.49. The number of nitrogens with zero attached hydrogens (tertiary/aromatic N) is 7. The third-order valence-corrected chi connectivity index (χ3v) is 9.46. The Kier molecular flexibility index (Phi) is 8.21. The Hall–Kier alpha value is -4.16. The van der Waals surface area contributed by atoms with E-state index in [0.717, 1.165) is 11.3 Å². The molecular formula is C30H28ClF3N8O2S. The fourth-order valence-corrected chi connectivity index (χ4v) is 6.83. The van der Waals surface area contributed by atoms with Crippen molar-refractivity contribution in [1.82, 2.24) is 19.8 Å². The summed E-state index contributed by atoms with van der Waals surface area (Å²) in [5.41, 5.74) is 4.82. The molecule has 15 heteroatoms. The van der Waals surface area contributed by atoms with Gasteiger partial charge in [-0.1, -0.05) is 11.6 Å². The van der Waals surface area contributed by atoms with Gasteiger partial charge in [-0.15, -0.1) is 11.3 Å². The zero-order valence-electron chi connectivity index (χ0n) is 24.7. The third kappa shape index (κ3) is 5.29. The van der Waals surface area contributed by atoms with Crippen LogP contribution in [-0.2, 0) is 4.74 Å². The second kappa shape index (κ2) is 12.0. The number of hydrogen-bond acceptors (Lipinski definition) is 11. The average Bonchev–Trinajstić information content (AvgIpc) is 3.62. The minimum atomic E-state index is -1.11. The van der Waals surface area contributed by atoms with Gasteiger partial charge in [0.05, 0.1) is 47.3 Å². The highest BCUT2D eigenvalue weighted by molar-refractivity contribution is 7.23. The van der Waals surface area contributed by atoms with E-state index in [2.05, 4.69) is 9.98 Å². The molecule has 0 amide bonds. The van der Waals surface area contributed by atoms with E-state index in [9.17, 15) is 9.65 Å². The normalized spacial score (nSPS) is 18.7. The number of nitrogen functional groups attached to an aromatic ring is 1. The average molecular weight is 657 g/mol. The number of rotatable bonds is 7. The maximum absolute atomic E-state index is 16.9. The van der Waals surface area contributed by atoms with Gasteiger partial charge in [0.25, 0.3) is 0 Å². The molecule has 234 valence electrons. The maximum Gasteiger partial charge on any atom is 0.319 e. The Bertz CT molecular complexity index is 1930. The molecule has 45 heavy (non-hydrogen) atoms. The molecule has 0 saturated carbocycles. The molecule has 0 radical (unpaired) electrons. The number of benzene rings is 2. The number of likely N-dealkylation sites (N-methyl/N-ethyl adjacent to an activating group) is 1. The van der Waals surface area contributed by atoms with Crippen LogP contribution in [0.5, 0.6) is 6.01 Å².